The number of nitrogens with one attached hydrogen (secondary N) is 1. The number of aryl methyl sites for hydroxylation is 2. The molecule has 19 heavy (non-hydrogen) atoms. The second-order valence-electron chi connectivity index (χ2n) is 4.82. The van der Waals surface area contributed by atoms with E-state index in [1.807, 2.05) is 0 Å². The van der Waals surface area contributed by atoms with Crippen molar-refractivity contribution in [2.45, 2.75) is 44.6 Å². The number of aliphatic hydroxyl groups excluding tert-OH is 1. The summed E-state index contributed by atoms with van der Waals surface area (Å²) in [6.07, 6.45) is 3.10. The van der Waals surface area contributed by atoms with Crippen LogP contribution in [0.4, 0.5) is 0 Å². The molecular formula is C12H20N2O4S. The normalized spacial score (nSPS) is 17.8. The fourth-order valence-electron chi connectivity index (χ4n) is 2.45. The van der Waals surface area contributed by atoms with Crippen molar-refractivity contribution in [2.75, 3.05) is 13.1 Å². The summed E-state index contributed by atoms with van der Waals surface area (Å²) >= 11 is 0. The maximum Gasteiger partial charge on any atom is 0.257 e. The lowest BCUT2D eigenvalue weighted by Gasteiger charge is -2.26. The molecular weight excluding hydrogens is 268 g/mol. The van der Waals surface area contributed by atoms with E-state index < -0.39 is 10.0 Å². The van der Waals surface area contributed by atoms with Crippen molar-refractivity contribution in [1.82, 2.24) is 9.84 Å². The fraction of sp³-hybridized carbons (Fsp3) is 0.667. The Kier molecular flexibility index (Phi) is 4.29. The summed E-state index contributed by atoms with van der Waals surface area (Å²) < 4.78 is 30.1. The van der Waals surface area contributed by atoms with Crippen molar-refractivity contribution in [1.29, 1.82) is 0 Å². The maximum absolute atomic E-state index is 12.4. The van der Waals surface area contributed by atoms with Gasteiger partial charge >= 0.3 is 0 Å². The molecule has 2 rings (SSSR count). The number of hydrogen-bond donors (Lipinski definition) is 2. The second kappa shape index (κ2) is 5.62. The zero-order valence-electron chi connectivity index (χ0n) is 11.3. The largest absolute Gasteiger partial charge is 0.465 e. The molecule has 2 heterocycles. The Labute approximate surface area is 113 Å². The van der Waals surface area contributed by atoms with Crippen LogP contribution in [0.25, 0.3) is 0 Å². The summed E-state index contributed by atoms with van der Waals surface area (Å²) in [5, 5.41) is 11.0. The summed E-state index contributed by atoms with van der Waals surface area (Å²) in [5.41, 5.74) is 0.335. The van der Waals surface area contributed by atoms with E-state index in [0.29, 0.717) is 30.2 Å². The van der Waals surface area contributed by atoms with Crippen LogP contribution in [-0.4, -0.2) is 31.6 Å². The van der Waals surface area contributed by atoms with Gasteiger partial charge in [-0.1, -0.05) is 6.42 Å². The third-order valence-corrected chi connectivity index (χ3v) is 4.93. The van der Waals surface area contributed by atoms with E-state index in [-0.39, 0.29) is 11.5 Å². The van der Waals surface area contributed by atoms with Gasteiger partial charge in [0.1, 0.15) is 16.4 Å². The third kappa shape index (κ3) is 3.00. The van der Waals surface area contributed by atoms with Gasteiger partial charge in [0.25, 0.3) is 10.0 Å². The lowest BCUT2D eigenvalue weighted by molar-refractivity contribution is 0.199. The molecule has 0 radical (unpaired) electrons. The predicted octanol–water partition coefficient (Wildman–Crippen LogP) is 1.07. The van der Waals surface area contributed by atoms with E-state index in [2.05, 4.69) is 4.83 Å². The predicted molar refractivity (Wildman–Crippen MR) is 69.9 cm³/mol. The zero-order valence-corrected chi connectivity index (χ0v) is 12.1. The number of nitrogens with zero attached hydrogens (tertiary/aromatic N) is 1. The summed E-state index contributed by atoms with van der Waals surface area (Å²) in [5.74, 6) is 0.755. The number of hydrogen-bond acceptors (Lipinski definition) is 5. The molecule has 6 nitrogen and oxygen atoms in total. The molecule has 2 N–H and O–H groups in total. The first kappa shape index (κ1) is 14.5. The minimum atomic E-state index is -3.69. The summed E-state index contributed by atoms with van der Waals surface area (Å²) in [4.78, 5) is 2.64. The topological polar surface area (TPSA) is 82.8 Å². The molecule has 0 spiro atoms. The lowest BCUT2D eigenvalue weighted by atomic mass is 10.2. The molecule has 0 saturated carbocycles. The Morgan fingerprint density at radius 3 is 2.42 bits per heavy atom. The van der Waals surface area contributed by atoms with Crippen LogP contribution in [0.5, 0.6) is 0 Å². The van der Waals surface area contributed by atoms with Gasteiger partial charge in [-0.2, -0.15) is 0 Å². The van der Waals surface area contributed by atoms with Crippen molar-refractivity contribution in [3.8, 4) is 0 Å². The standard InChI is InChI=1S/C12H20N2O4S/c1-9-11(8-15)12(10(2)18-9)19(16,17)13-14-6-4-3-5-7-14/h13,15H,3-8H2,1-2H3. The van der Waals surface area contributed by atoms with Gasteiger partial charge in [-0.15, -0.1) is 4.83 Å². The van der Waals surface area contributed by atoms with Crippen LogP contribution in [0.2, 0.25) is 0 Å². The maximum atomic E-state index is 12.4. The molecule has 7 heteroatoms. The van der Waals surface area contributed by atoms with Gasteiger partial charge in [0.2, 0.25) is 0 Å². The molecule has 1 fully saturated rings. The third-order valence-electron chi connectivity index (χ3n) is 3.36. The van der Waals surface area contributed by atoms with Crippen molar-refractivity contribution in [3.63, 3.8) is 0 Å². The van der Waals surface area contributed by atoms with Crippen LogP contribution >= 0.6 is 0 Å². The summed E-state index contributed by atoms with van der Waals surface area (Å²) in [7, 11) is -3.69. The lowest BCUT2D eigenvalue weighted by Crippen LogP contribution is -2.45. The van der Waals surface area contributed by atoms with Crippen molar-refractivity contribution >= 4 is 10.0 Å². The van der Waals surface area contributed by atoms with Crippen molar-refractivity contribution in [3.05, 3.63) is 17.1 Å². The molecule has 1 aliphatic rings. The van der Waals surface area contributed by atoms with Crippen LogP contribution < -0.4 is 4.83 Å². The Morgan fingerprint density at radius 1 is 1.21 bits per heavy atom. The molecule has 0 bridgehead atoms. The van der Waals surface area contributed by atoms with Gasteiger partial charge < -0.3 is 9.52 Å². The molecule has 0 aromatic carbocycles. The van der Waals surface area contributed by atoms with E-state index >= 15 is 0 Å². The minimum Gasteiger partial charge on any atom is -0.465 e. The molecule has 1 aromatic heterocycles. The van der Waals surface area contributed by atoms with Gasteiger partial charge in [0.05, 0.1) is 6.61 Å². The van der Waals surface area contributed by atoms with Gasteiger partial charge in [-0.05, 0) is 26.7 Å². The Morgan fingerprint density at radius 2 is 1.84 bits per heavy atom. The Bertz CT molecular complexity index is 544. The molecule has 0 unspecified atom stereocenters. The van der Waals surface area contributed by atoms with Crippen LogP contribution in [-0.2, 0) is 16.6 Å². The molecule has 108 valence electrons. The average Bonchev–Trinajstić information content (AvgIpc) is 2.64. The Balaban J connectivity index is 2.28. The van der Waals surface area contributed by atoms with E-state index in [1.54, 1.807) is 18.9 Å². The highest BCUT2D eigenvalue weighted by Crippen LogP contribution is 2.26. The summed E-state index contributed by atoms with van der Waals surface area (Å²) in [6, 6.07) is 0. The van der Waals surface area contributed by atoms with Crippen molar-refractivity contribution < 1.29 is 17.9 Å². The van der Waals surface area contributed by atoms with E-state index in [0.717, 1.165) is 19.3 Å². The van der Waals surface area contributed by atoms with Gasteiger partial charge in [-0.25, -0.2) is 13.4 Å². The van der Waals surface area contributed by atoms with Gasteiger partial charge in [-0.3, -0.25) is 0 Å². The van der Waals surface area contributed by atoms with E-state index in [1.165, 1.54) is 0 Å². The summed E-state index contributed by atoms with van der Waals surface area (Å²) in [6.45, 7) is 4.32. The second-order valence-corrected chi connectivity index (χ2v) is 6.42. The highest BCUT2D eigenvalue weighted by atomic mass is 32.2. The van der Waals surface area contributed by atoms with Crippen LogP contribution in [0.1, 0.15) is 36.3 Å². The minimum absolute atomic E-state index is 0.0677. The quantitative estimate of drug-likeness (QED) is 0.866. The highest BCUT2D eigenvalue weighted by molar-refractivity contribution is 7.89. The number of aliphatic hydroxyl groups is 1. The zero-order chi connectivity index (χ0) is 14.0. The molecule has 0 amide bonds. The highest BCUT2D eigenvalue weighted by Gasteiger charge is 2.28. The molecule has 0 atom stereocenters. The van der Waals surface area contributed by atoms with Crippen molar-refractivity contribution in [2.24, 2.45) is 0 Å². The first-order chi connectivity index (χ1) is 8.95. The monoisotopic (exact) mass is 288 g/mol. The first-order valence-corrected chi connectivity index (χ1v) is 7.91. The van der Waals surface area contributed by atoms with E-state index in [4.69, 9.17) is 4.42 Å². The number of sulfonamides is 1. The van der Waals surface area contributed by atoms with Gasteiger partial charge in [0.15, 0.2) is 0 Å². The molecule has 1 aromatic rings. The SMILES string of the molecule is Cc1oc(C)c(S(=O)(=O)NN2CCCCC2)c1CO. The van der Waals surface area contributed by atoms with E-state index in [9.17, 15) is 13.5 Å². The molecule has 0 aliphatic carbocycles. The molecule has 1 saturated heterocycles. The number of rotatable bonds is 4. The first-order valence-electron chi connectivity index (χ1n) is 6.43. The van der Waals surface area contributed by atoms with Crippen LogP contribution in [0.3, 0.4) is 0 Å². The smallest absolute Gasteiger partial charge is 0.257 e. The fourth-order valence-corrected chi connectivity index (χ4v) is 4.01. The van der Waals surface area contributed by atoms with Crippen LogP contribution in [0.15, 0.2) is 9.31 Å². The van der Waals surface area contributed by atoms with Gasteiger partial charge in [0, 0.05) is 18.7 Å². The molecule has 1 aliphatic heterocycles. The number of furan rings is 1. The number of hydrazine groups is 1. The average molecular weight is 288 g/mol. The number of piperidine rings is 1. The Hall–Kier alpha value is -0.890. The van der Waals surface area contributed by atoms with Crippen LogP contribution in [0, 0.1) is 13.8 Å².